The minimum atomic E-state index is -1.67. The van der Waals surface area contributed by atoms with Crippen molar-refractivity contribution >= 4 is 5.91 Å². The van der Waals surface area contributed by atoms with Crippen molar-refractivity contribution < 1.29 is 50.0 Å². The Bertz CT molecular complexity index is 1180. The van der Waals surface area contributed by atoms with Crippen LogP contribution in [0.25, 0.3) is 0 Å². The van der Waals surface area contributed by atoms with Crippen LogP contribution in [-0.2, 0) is 14.3 Å². The van der Waals surface area contributed by atoms with E-state index < -0.39 is 74.2 Å². The number of rotatable bonds is 54. The molecule has 0 aliphatic carbocycles. The van der Waals surface area contributed by atoms with Gasteiger partial charge in [0.2, 0.25) is 5.91 Å². The average molecular weight is 1030 g/mol. The number of unbranched alkanes of at least 4 members (excludes halogenated alkanes) is 40. The van der Waals surface area contributed by atoms with Crippen molar-refractivity contribution in [1.82, 2.24) is 5.32 Å². The Labute approximate surface area is 442 Å². The van der Waals surface area contributed by atoms with Crippen LogP contribution in [0.4, 0.5) is 0 Å². The molecule has 11 nitrogen and oxygen atoms in total. The molecule has 0 aromatic heterocycles. The molecule has 1 aliphatic rings. The van der Waals surface area contributed by atoms with Gasteiger partial charge in [0.1, 0.15) is 36.6 Å². The zero-order valence-electron chi connectivity index (χ0n) is 46.9. The fourth-order valence-corrected chi connectivity index (χ4v) is 10.3. The van der Waals surface area contributed by atoms with Gasteiger partial charge in [0.15, 0.2) is 6.29 Å². The lowest BCUT2D eigenvalue weighted by atomic mass is 9.98. The SMILES string of the molecule is CCCCCCCCCCCCCCCCCCC/C=C/CCCC(O)C(O)C(COC1OC(CO)C(O)C(O)C1O)NC(=O)C(O)CCCCCCCCCCCCCCCCCCCCCCCCC. The minimum Gasteiger partial charge on any atom is -0.394 e. The Morgan fingerprint density at radius 1 is 0.472 bits per heavy atom. The topological polar surface area (TPSA) is 189 Å². The highest BCUT2D eigenvalue weighted by Gasteiger charge is 2.44. The van der Waals surface area contributed by atoms with Crippen molar-refractivity contribution in [3.63, 3.8) is 0 Å². The fraction of sp³-hybridized carbons (Fsp3) is 0.951. The lowest BCUT2D eigenvalue weighted by molar-refractivity contribution is -0.303. The lowest BCUT2D eigenvalue weighted by Crippen LogP contribution is -2.60. The molecule has 0 saturated carbocycles. The van der Waals surface area contributed by atoms with E-state index in [1.807, 2.05) is 0 Å². The van der Waals surface area contributed by atoms with E-state index in [0.717, 1.165) is 38.5 Å². The predicted molar refractivity (Wildman–Crippen MR) is 298 cm³/mol. The molecule has 0 aromatic rings. The molecular formula is C61H119NO10. The van der Waals surface area contributed by atoms with Gasteiger partial charge in [-0.25, -0.2) is 0 Å². The molecule has 8 N–H and O–H groups in total. The van der Waals surface area contributed by atoms with E-state index in [-0.39, 0.29) is 12.8 Å². The molecule has 11 heteroatoms. The third-order valence-electron chi connectivity index (χ3n) is 15.3. The van der Waals surface area contributed by atoms with Gasteiger partial charge in [0.05, 0.1) is 25.4 Å². The third-order valence-corrected chi connectivity index (χ3v) is 15.3. The molecule has 1 saturated heterocycles. The predicted octanol–water partition coefficient (Wildman–Crippen LogP) is 13.5. The molecule has 1 heterocycles. The van der Waals surface area contributed by atoms with Crippen molar-refractivity contribution in [2.45, 2.75) is 358 Å². The summed E-state index contributed by atoms with van der Waals surface area (Å²) in [7, 11) is 0. The maximum Gasteiger partial charge on any atom is 0.249 e. The number of amides is 1. The highest BCUT2D eigenvalue weighted by molar-refractivity contribution is 5.80. The van der Waals surface area contributed by atoms with Gasteiger partial charge in [-0.05, 0) is 38.5 Å². The molecule has 0 bridgehead atoms. The Morgan fingerprint density at radius 3 is 1.19 bits per heavy atom. The monoisotopic (exact) mass is 1030 g/mol. The molecule has 1 amide bonds. The van der Waals surface area contributed by atoms with Crippen LogP contribution in [0, 0.1) is 0 Å². The number of carbonyl (C=O) groups excluding carboxylic acids is 1. The quantitative estimate of drug-likeness (QED) is 0.0215. The lowest BCUT2D eigenvalue weighted by Gasteiger charge is -2.40. The van der Waals surface area contributed by atoms with E-state index in [4.69, 9.17) is 9.47 Å². The van der Waals surface area contributed by atoms with Gasteiger partial charge >= 0.3 is 0 Å². The highest BCUT2D eigenvalue weighted by atomic mass is 16.7. The van der Waals surface area contributed by atoms with Crippen molar-refractivity contribution in [1.29, 1.82) is 0 Å². The van der Waals surface area contributed by atoms with Crippen LogP contribution in [0.15, 0.2) is 12.2 Å². The molecule has 428 valence electrons. The number of hydrogen-bond acceptors (Lipinski definition) is 10. The van der Waals surface area contributed by atoms with Gasteiger partial charge in [-0.1, -0.05) is 276 Å². The zero-order chi connectivity index (χ0) is 52.5. The molecule has 0 spiro atoms. The van der Waals surface area contributed by atoms with Gasteiger partial charge in [-0.15, -0.1) is 0 Å². The van der Waals surface area contributed by atoms with E-state index in [1.54, 1.807) is 0 Å². The minimum absolute atomic E-state index is 0.260. The number of nitrogens with one attached hydrogen (secondary N) is 1. The first kappa shape index (κ1) is 68.9. The van der Waals surface area contributed by atoms with Gasteiger partial charge in [-0.2, -0.15) is 0 Å². The van der Waals surface area contributed by atoms with Crippen molar-refractivity contribution in [3.8, 4) is 0 Å². The molecule has 1 rings (SSSR count). The molecule has 0 radical (unpaired) electrons. The molecular weight excluding hydrogens is 907 g/mol. The smallest absolute Gasteiger partial charge is 0.249 e. The summed E-state index contributed by atoms with van der Waals surface area (Å²) in [5, 5.41) is 76.3. The van der Waals surface area contributed by atoms with Crippen LogP contribution in [-0.4, -0.2) is 110 Å². The molecule has 9 atom stereocenters. The Kier molecular flexibility index (Phi) is 48.4. The second kappa shape index (κ2) is 50.7. The van der Waals surface area contributed by atoms with E-state index in [2.05, 4.69) is 31.3 Å². The first-order chi connectivity index (χ1) is 35.2. The number of allylic oxidation sites excluding steroid dienone is 2. The molecule has 72 heavy (non-hydrogen) atoms. The van der Waals surface area contributed by atoms with E-state index >= 15 is 0 Å². The molecule has 9 unspecified atom stereocenters. The van der Waals surface area contributed by atoms with Crippen LogP contribution in [0.1, 0.15) is 303 Å². The summed E-state index contributed by atoms with van der Waals surface area (Å²) in [5.41, 5.74) is 0. The average Bonchev–Trinajstić information content (AvgIpc) is 3.38. The Morgan fingerprint density at radius 2 is 0.819 bits per heavy atom. The summed E-state index contributed by atoms with van der Waals surface area (Å²) >= 11 is 0. The van der Waals surface area contributed by atoms with Crippen molar-refractivity contribution in [2.75, 3.05) is 13.2 Å². The maximum absolute atomic E-state index is 13.2. The number of aliphatic hydroxyl groups is 7. The summed E-state index contributed by atoms with van der Waals surface area (Å²) in [4.78, 5) is 13.2. The van der Waals surface area contributed by atoms with E-state index in [1.165, 1.54) is 225 Å². The first-order valence-corrected chi connectivity index (χ1v) is 31.1. The van der Waals surface area contributed by atoms with Gasteiger partial charge in [0.25, 0.3) is 0 Å². The molecule has 1 aliphatic heterocycles. The fourth-order valence-electron chi connectivity index (χ4n) is 10.3. The van der Waals surface area contributed by atoms with Gasteiger partial charge in [-0.3, -0.25) is 4.79 Å². The van der Waals surface area contributed by atoms with Crippen molar-refractivity contribution in [3.05, 3.63) is 12.2 Å². The second-order valence-corrected chi connectivity index (χ2v) is 22.1. The summed E-state index contributed by atoms with van der Waals surface area (Å²) in [6, 6.07) is -1.18. The van der Waals surface area contributed by atoms with Crippen LogP contribution >= 0.6 is 0 Å². The molecule has 0 aromatic carbocycles. The Balaban J connectivity index is 2.28. The van der Waals surface area contributed by atoms with Crippen molar-refractivity contribution in [2.24, 2.45) is 0 Å². The summed E-state index contributed by atoms with van der Waals surface area (Å²) in [6.07, 6.45) is 48.5. The number of aliphatic hydroxyl groups excluding tert-OH is 7. The third kappa shape index (κ3) is 38.4. The van der Waals surface area contributed by atoms with Gasteiger partial charge < -0.3 is 50.5 Å². The van der Waals surface area contributed by atoms with Crippen LogP contribution in [0.5, 0.6) is 0 Å². The summed E-state index contributed by atoms with van der Waals surface area (Å²) < 4.78 is 11.2. The van der Waals surface area contributed by atoms with E-state index in [9.17, 15) is 40.5 Å². The zero-order valence-corrected chi connectivity index (χ0v) is 46.9. The Hall–Kier alpha value is -1.15. The largest absolute Gasteiger partial charge is 0.394 e. The first-order valence-electron chi connectivity index (χ1n) is 31.1. The number of hydrogen-bond donors (Lipinski definition) is 8. The number of ether oxygens (including phenoxy) is 2. The number of carbonyl (C=O) groups is 1. The molecule has 1 fully saturated rings. The van der Waals surface area contributed by atoms with E-state index in [0.29, 0.717) is 12.8 Å². The standard InChI is InChI=1S/C61H119NO10/c1-3-5-7-9-11-13-15-17-19-21-23-25-27-29-31-33-35-37-39-41-43-45-47-49-54(65)60(70)62-52(51-71-61-59(69)58(68)57(67)55(50-63)72-61)56(66)53(64)48-46-44-42-40-38-36-34-32-30-28-26-24-22-20-18-16-14-12-10-8-6-4-2/h40,42,52-59,61,63-69H,3-39,41,43-51H2,1-2H3,(H,62,70)/b42-40+. The maximum atomic E-state index is 13.2. The highest BCUT2D eigenvalue weighted by Crippen LogP contribution is 2.24. The van der Waals surface area contributed by atoms with Crippen LogP contribution in [0.2, 0.25) is 0 Å². The summed E-state index contributed by atoms with van der Waals surface area (Å²) in [5.74, 6) is -0.699. The van der Waals surface area contributed by atoms with Crippen LogP contribution < -0.4 is 5.32 Å². The normalized spacial score (nSPS) is 20.0. The summed E-state index contributed by atoms with van der Waals surface area (Å²) in [6.45, 7) is 3.49. The van der Waals surface area contributed by atoms with Gasteiger partial charge in [0, 0.05) is 0 Å². The van der Waals surface area contributed by atoms with Crippen LogP contribution in [0.3, 0.4) is 0 Å². The second-order valence-electron chi connectivity index (χ2n) is 22.1.